The number of hydrogen-bond donors (Lipinski definition) is 0. The topological polar surface area (TPSA) is 43.4 Å². The molecule has 0 radical (unpaired) electrons. The van der Waals surface area contributed by atoms with Crippen LogP contribution in [0.2, 0.25) is 0 Å². The molecule has 0 amide bonds. The number of carbonyl (C=O) groups excluding carboxylic acids is 2. The fraction of sp³-hybridized carbons (Fsp3) is 0.917. The molecule has 0 unspecified atom stereocenters. The maximum atomic E-state index is 13.6. The number of fused-ring (bicyclic) bond motifs is 5. The zero-order valence-electron chi connectivity index (χ0n) is 17.9. The van der Waals surface area contributed by atoms with Gasteiger partial charge in [-0.15, -0.1) is 0 Å². The zero-order valence-corrected chi connectivity index (χ0v) is 17.9. The van der Waals surface area contributed by atoms with Crippen molar-refractivity contribution in [3.63, 3.8) is 0 Å². The Morgan fingerprint density at radius 2 is 1.89 bits per heavy atom. The average Bonchev–Trinajstić information content (AvgIpc) is 2.92. The number of rotatable bonds is 3. The molecule has 3 nitrogen and oxygen atoms in total. The lowest BCUT2D eigenvalue weighted by Crippen LogP contribution is -2.59. The normalized spacial score (nSPS) is 52.0. The van der Waals surface area contributed by atoms with E-state index in [0.29, 0.717) is 47.8 Å². The Balaban J connectivity index is 1.66. The van der Waals surface area contributed by atoms with Crippen molar-refractivity contribution in [1.29, 1.82) is 0 Å². The summed E-state index contributed by atoms with van der Waals surface area (Å²) in [6, 6.07) is 0. The van der Waals surface area contributed by atoms with Gasteiger partial charge >= 0.3 is 0 Å². The number of carbonyl (C=O) groups is 2. The Morgan fingerprint density at radius 1 is 1.15 bits per heavy atom. The third-order valence-corrected chi connectivity index (χ3v) is 9.55. The number of ether oxygens (including phenoxy) is 1. The van der Waals surface area contributed by atoms with E-state index in [9.17, 15) is 9.59 Å². The second kappa shape index (κ2) is 6.68. The van der Waals surface area contributed by atoms with Crippen LogP contribution in [0.4, 0.5) is 0 Å². The van der Waals surface area contributed by atoms with Crippen molar-refractivity contribution in [3.05, 3.63) is 0 Å². The molecule has 4 aliphatic carbocycles. The lowest BCUT2D eigenvalue weighted by atomic mass is 9.43. The Labute approximate surface area is 165 Å². The fourth-order valence-electron chi connectivity index (χ4n) is 8.40. The summed E-state index contributed by atoms with van der Waals surface area (Å²) < 4.78 is 6.12. The second-order valence-corrected chi connectivity index (χ2v) is 10.8. The maximum absolute atomic E-state index is 13.6. The van der Waals surface area contributed by atoms with Gasteiger partial charge in [0.1, 0.15) is 11.6 Å². The molecule has 9 atom stereocenters. The molecule has 4 aliphatic rings. The number of hydrogen-bond acceptors (Lipinski definition) is 3. The van der Waals surface area contributed by atoms with Gasteiger partial charge in [-0.2, -0.15) is 0 Å². The lowest BCUT2D eigenvalue weighted by Gasteiger charge is -2.61. The van der Waals surface area contributed by atoms with Crippen LogP contribution in [0.25, 0.3) is 0 Å². The van der Waals surface area contributed by atoms with Crippen molar-refractivity contribution in [3.8, 4) is 0 Å². The molecule has 0 aromatic heterocycles. The summed E-state index contributed by atoms with van der Waals surface area (Å²) in [4.78, 5) is 25.9. The minimum absolute atomic E-state index is 0.0853. The van der Waals surface area contributed by atoms with E-state index >= 15 is 0 Å². The summed E-state index contributed by atoms with van der Waals surface area (Å²) in [6.07, 6.45) is 7.74. The van der Waals surface area contributed by atoms with Gasteiger partial charge in [-0.05, 0) is 86.9 Å². The Bertz CT molecular complexity index is 627. The van der Waals surface area contributed by atoms with Crippen LogP contribution in [0.3, 0.4) is 0 Å². The van der Waals surface area contributed by atoms with Gasteiger partial charge < -0.3 is 4.74 Å². The highest BCUT2D eigenvalue weighted by Crippen LogP contribution is 2.66. The minimum atomic E-state index is -0.0887. The van der Waals surface area contributed by atoms with Crippen molar-refractivity contribution in [2.24, 2.45) is 46.3 Å². The molecule has 0 bridgehead atoms. The quantitative estimate of drug-likeness (QED) is 0.693. The molecule has 0 N–H and O–H groups in total. The van der Waals surface area contributed by atoms with E-state index in [0.717, 1.165) is 25.9 Å². The second-order valence-electron chi connectivity index (χ2n) is 10.8. The summed E-state index contributed by atoms with van der Waals surface area (Å²) in [5.74, 6) is 3.34. The standard InChI is InChI=1S/C24H38O3/c1-6-27-21-13-23(4)16(11-14(21)2)7-8-17-19-10-9-18(15(3)25)24(19,5)12-20(26)22(17)23/h14,16-19,21-22H,6-13H2,1-5H3/t14-,16-,17-,18+,19-,21-,22+,23-,24+/m0/s1. The summed E-state index contributed by atoms with van der Waals surface area (Å²) in [5.41, 5.74) is -0.00343. The van der Waals surface area contributed by atoms with Gasteiger partial charge in [0.15, 0.2) is 0 Å². The first-order valence-corrected chi connectivity index (χ1v) is 11.4. The maximum Gasteiger partial charge on any atom is 0.137 e. The molecule has 0 spiro atoms. The van der Waals surface area contributed by atoms with Crippen molar-refractivity contribution in [2.75, 3.05) is 6.61 Å². The molecule has 0 aliphatic heterocycles. The third-order valence-electron chi connectivity index (χ3n) is 9.55. The van der Waals surface area contributed by atoms with Crippen LogP contribution in [-0.2, 0) is 14.3 Å². The highest BCUT2D eigenvalue weighted by molar-refractivity contribution is 5.87. The van der Waals surface area contributed by atoms with Gasteiger partial charge in [-0.25, -0.2) is 0 Å². The fourth-order valence-corrected chi connectivity index (χ4v) is 8.40. The molecule has 0 saturated heterocycles. The van der Waals surface area contributed by atoms with Gasteiger partial charge in [0.05, 0.1) is 6.10 Å². The molecule has 0 aromatic carbocycles. The van der Waals surface area contributed by atoms with Gasteiger partial charge in [0.2, 0.25) is 0 Å². The summed E-state index contributed by atoms with van der Waals surface area (Å²) in [6.45, 7) is 11.6. The smallest absolute Gasteiger partial charge is 0.137 e. The van der Waals surface area contributed by atoms with Gasteiger partial charge in [0, 0.05) is 24.9 Å². The van der Waals surface area contributed by atoms with E-state index < -0.39 is 0 Å². The molecular weight excluding hydrogens is 336 g/mol. The van der Waals surface area contributed by atoms with Crippen LogP contribution in [-0.4, -0.2) is 24.3 Å². The molecule has 0 aromatic rings. The predicted molar refractivity (Wildman–Crippen MR) is 106 cm³/mol. The van der Waals surface area contributed by atoms with Gasteiger partial charge in [0.25, 0.3) is 0 Å². The van der Waals surface area contributed by atoms with E-state index in [1.807, 2.05) is 0 Å². The minimum Gasteiger partial charge on any atom is -0.378 e. The first-order chi connectivity index (χ1) is 12.7. The SMILES string of the molecule is CCO[C@H]1C[C@@]2(C)[C@@H](CC[C@H]3[C@@H]4CC[C@H](C(C)=O)[C@@]4(C)CC(=O)[C@@H]32)C[C@@H]1C. The van der Waals surface area contributed by atoms with Crippen LogP contribution in [0.15, 0.2) is 0 Å². The van der Waals surface area contributed by atoms with E-state index in [1.54, 1.807) is 6.92 Å². The van der Waals surface area contributed by atoms with Crippen LogP contribution < -0.4 is 0 Å². The van der Waals surface area contributed by atoms with Crippen LogP contribution in [0.1, 0.15) is 79.6 Å². The Hall–Kier alpha value is -0.700. The Morgan fingerprint density at radius 3 is 2.56 bits per heavy atom. The molecule has 27 heavy (non-hydrogen) atoms. The molecule has 152 valence electrons. The number of ketones is 2. The summed E-state index contributed by atoms with van der Waals surface area (Å²) in [5, 5.41) is 0. The number of Topliss-reactive ketones (excluding diaryl/α,β-unsaturated/α-hetero) is 2. The first kappa shape index (κ1) is 19.6. The third kappa shape index (κ3) is 2.78. The van der Waals surface area contributed by atoms with E-state index in [4.69, 9.17) is 4.74 Å². The van der Waals surface area contributed by atoms with Gasteiger partial charge in [-0.1, -0.05) is 20.8 Å². The summed E-state index contributed by atoms with van der Waals surface area (Å²) >= 11 is 0. The van der Waals surface area contributed by atoms with Crippen LogP contribution in [0.5, 0.6) is 0 Å². The molecule has 4 fully saturated rings. The van der Waals surface area contributed by atoms with Crippen molar-refractivity contribution < 1.29 is 14.3 Å². The highest BCUT2D eigenvalue weighted by Gasteiger charge is 2.64. The van der Waals surface area contributed by atoms with Crippen LogP contribution in [0, 0.1) is 46.3 Å². The van der Waals surface area contributed by atoms with Crippen molar-refractivity contribution in [2.45, 2.75) is 85.7 Å². The monoisotopic (exact) mass is 374 g/mol. The highest BCUT2D eigenvalue weighted by atomic mass is 16.5. The van der Waals surface area contributed by atoms with E-state index in [-0.39, 0.29) is 22.7 Å². The molecule has 4 saturated carbocycles. The van der Waals surface area contributed by atoms with E-state index in [2.05, 4.69) is 27.7 Å². The first-order valence-electron chi connectivity index (χ1n) is 11.4. The van der Waals surface area contributed by atoms with E-state index in [1.165, 1.54) is 19.3 Å². The zero-order chi connectivity index (χ0) is 19.6. The average molecular weight is 375 g/mol. The Kier molecular flexibility index (Phi) is 4.85. The molecule has 0 heterocycles. The molecule has 3 heteroatoms. The largest absolute Gasteiger partial charge is 0.378 e. The predicted octanol–water partition coefficient (Wildman–Crippen LogP) is 5.06. The van der Waals surface area contributed by atoms with Crippen molar-refractivity contribution in [1.82, 2.24) is 0 Å². The molecule has 4 rings (SSSR count). The van der Waals surface area contributed by atoms with Crippen LogP contribution >= 0.6 is 0 Å². The molecular formula is C24H38O3. The lowest BCUT2D eigenvalue weighted by molar-refractivity contribution is -0.170. The van der Waals surface area contributed by atoms with Crippen molar-refractivity contribution >= 4 is 11.6 Å². The van der Waals surface area contributed by atoms with Gasteiger partial charge in [-0.3, -0.25) is 9.59 Å². The summed E-state index contributed by atoms with van der Waals surface area (Å²) in [7, 11) is 0.